The van der Waals surface area contributed by atoms with Gasteiger partial charge in [0.2, 0.25) is 0 Å². The zero-order valence-corrected chi connectivity index (χ0v) is 7.34. The van der Waals surface area contributed by atoms with Crippen LogP contribution in [0.25, 0.3) is 0 Å². The first-order valence-corrected chi connectivity index (χ1v) is 4.67. The van der Waals surface area contributed by atoms with Gasteiger partial charge in [-0.2, -0.15) is 0 Å². The molecule has 0 radical (unpaired) electrons. The lowest BCUT2D eigenvalue weighted by molar-refractivity contribution is 0.245. The molecule has 0 saturated carbocycles. The molecule has 2 heterocycles. The fourth-order valence-electron chi connectivity index (χ4n) is 1.31. The van der Waals surface area contributed by atoms with Gasteiger partial charge in [0.05, 0.1) is 18.1 Å². The maximum Gasteiger partial charge on any atom is 0.133 e. The summed E-state index contributed by atoms with van der Waals surface area (Å²) in [5, 5.41) is 9.26. The molecule has 12 heavy (non-hydrogen) atoms. The van der Waals surface area contributed by atoms with Crippen molar-refractivity contribution >= 4 is 12.0 Å². The minimum Gasteiger partial charge on any atom is -0.467 e. The lowest BCUT2D eigenvalue weighted by atomic mass is 10.1. The Kier molecular flexibility index (Phi) is 2.39. The Bertz CT molecular complexity index is 253. The first-order chi connectivity index (χ1) is 5.92. The van der Waals surface area contributed by atoms with Gasteiger partial charge < -0.3 is 13.7 Å². The van der Waals surface area contributed by atoms with E-state index in [9.17, 15) is 0 Å². The molecule has 1 aliphatic rings. The second kappa shape index (κ2) is 3.51. The van der Waals surface area contributed by atoms with Gasteiger partial charge in [0.25, 0.3) is 0 Å². The molecule has 1 saturated heterocycles. The Morgan fingerprint density at radius 3 is 3.25 bits per heavy atom. The average molecular weight is 186 g/mol. The minimum atomic E-state index is -0.0284. The smallest absolute Gasteiger partial charge is 0.133 e. The summed E-state index contributed by atoms with van der Waals surface area (Å²) in [6, 6.07) is 1.90. The number of furan rings is 1. The number of hydrogen-bond acceptors (Lipinski definition) is 4. The van der Waals surface area contributed by atoms with Crippen LogP contribution in [0, 0.1) is 0 Å². The average Bonchev–Trinajstić information content (AvgIpc) is 2.74. The zero-order valence-electron chi connectivity index (χ0n) is 6.53. The highest BCUT2D eigenvalue weighted by molar-refractivity contribution is 7.95. The van der Waals surface area contributed by atoms with Gasteiger partial charge in [0, 0.05) is 5.56 Å². The van der Waals surface area contributed by atoms with Crippen molar-refractivity contribution in [3.63, 3.8) is 0 Å². The van der Waals surface area contributed by atoms with Crippen LogP contribution in [0.2, 0.25) is 0 Å². The van der Waals surface area contributed by atoms with Crippen molar-refractivity contribution in [2.45, 2.75) is 18.3 Å². The summed E-state index contributed by atoms with van der Waals surface area (Å²) in [5.41, 5.74) is 1.07. The quantitative estimate of drug-likeness (QED) is 0.716. The molecule has 3 nitrogen and oxygen atoms in total. The first kappa shape index (κ1) is 8.16. The molecular formula is C8H10O3S. The Hall–Kier alpha value is -0.450. The van der Waals surface area contributed by atoms with E-state index in [1.54, 1.807) is 6.26 Å². The zero-order chi connectivity index (χ0) is 8.39. The summed E-state index contributed by atoms with van der Waals surface area (Å²) in [4.78, 5) is 0. The van der Waals surface area contributed by atoms with Crippen molar-refractivity contribution in [3.8, 4) is 0 Å². The van der Waals surface area contributed by atoms with Crippen molar-refractivity contribution in [1.82, 2.24) is 0 Å². The van der Waals surface area contributed by atoms with Crippen LogP contribution in [0.1, 0.15) is 23.0 Å². The third-order valence-corrected chi connectivity index (χ3v) is 2.94. The van der Waals surface area contributed by atoms with Gasteiger partial charge in [0.15, 0.2) is 0 Å². The van der Waals surface area contributed by atoms with E-state index in [4.69, 9.17) is 13.7 Å². The number of rotatable bonds is 2. The first-order valence-electron chi connectivity index (χ1n) is 3.87. The van der Waals surface area contributed by atoms with E-state index in [2.05, 4.69) is 0 Å². The normalized spacial score (nSPS) is 23.2. The maximum atomic E-state index is 8.92. The summed E-state index contributed by atoms with van der Waals surface area (Å²) < 4.78 is 10.3. The fourth-order valence-corrected chi connectivity index (χ4v) is 2.17. The predicted molar refractivity (Wildman–Crippen MR) is 45.5 cm³/mol. The molecule has 1 fully saturated rings. The Morgan fingerprint density at radius 2 is 2.58 bits per heavy atom. The molecule has 1 unspecified atom stereocenters. The predicted octanol–water partition coefficient (Wildman–Crippen LogP) is 1.88. The molecule has 1 atom stereocenters. The Labute approximate surface area is 74.9 Å². The highest BCUT2D eigenvalue weighted by atomic mass is 32.2. The Balaban J connectivity index is 2.19. The SMILES string of the molecule is OCc1occc1C1CCOS1. The van der Waals surface area contributed by atoms with E-state index < -0.39 is 0 Å². The molecule has 0 bridgehead atoms. The van der Waals surface area contributed by atoms with E-state index in [0.29, 0.717) is 11.0 Å². The van der Waals surface area contributed by atoms with Crippen LogP contribution < -0.4 is 0 Å². The third kappa shape index (κ3) is 1.37. The second-order valence-corrected chi connectivity index (χ2v) is 3.65. The van der Waals surface area contributed by atoms with Crippen LogP contribution in [-0.4, -0.2) is 11.7 Å². The van der Waals surface area contributed by atoms with E-state index in [-0.39, 0.29) is 6.61 Å². The number of hydrogen-bond donors (Lipinski definition) is 1. The summed E-state index contributed by atoms with van der Waals surface area (Å²) in [6.07, 6.45) is 2.61. The monoisotopic (exact) mass is 186 g/mol. The topological polar surface area (TPSA) is 42.6 Å². The number of aliphatic hydroxyl groups excluding tert-OH is 1. The highest BCUT2D eigenvalue weighted by Gasteiger charge is 2.23. The van der Waals surface area contributed by atoms with Crippen LogP contribution in [0.15, 0.2) is 16.7 Å². The van der Waals surface area contributed by atoms with Gasteiger partial charge >= 0.3 is 0 Å². The highest BCUT2D eigenvalue weighted by Crippen LogP contribution is 2.40. The van der Waals surface area contributed by atoms with Crippen LogP contribution in [-0.2, 0) is 10.8 Å². The van der Waals surface area contributed by atoms with Gasteiger partial charge in [-0.25, -0.2) is 0 Å². The van der Waals surface area contributed by atoms with Crippen molar-refractivity contribution < 1.29 is 13.7 Å². The molecule has 1 aromatic heterocycles. The molecule has 0 aliphatic carbocycles. The van der Waals surface area contributed by atoms with Gasteiger partial charge in [-0.05, 0) is 24.5 Å². The summed E-state index contributed by atoms with van der Waals surface area (Å²) >= 11 is 1.46. The minimum absolute atomic E-state index is 0.0284. The molecule has 1 aliphatic heterocycles. The third-order valence-electron chi connectivity index (χ3n) is 1.92. The van der Waals surface area contributed by atoms with Crippen molar-refractivity contribution in [3.05, 3.63) is 23.7 Å². The second-order valence-electron chi connectivity index (χ2n) is 2.65. The summed E-state index contributed by atoms with van der Waals surface area (Å²) in [5.74, 6) is 0.665. The molecule has 0 spiro atoms. The van der Waals surface area contributed by atoms with Gasteiger partial charge in [-0.3, -0.25) is 0 Å². The fraction of sp³-hybridized carbons (Fsp3) is 0.500. The van der Waals surface area contributed by atoms with Crippen molar-refractivity contribution in [1.29, 1.82) is 0 Å². The van der Waals surface area contributed by atoms with E-state index in [0.717, 1.165) is 18.6 Å². The molecule has 2 rings (SSSR count). The number of aliphatic hydroxyl groups is 1. The van der Waals surface area contributed by atoms with Crippen LogP contribution >= 0.6 is 12.0 Å². The molecule has 1 aromatic rings. The molecular weight excluding hydrogens is 176 g/mol. The van der Waals surface area contributed by atoms with E-state index in [1.165, 1.54) is 12.0 Å². The maximum absolute atomic E-state index is 8.92. The van der Waals surface area contributed by atoms with Crippen molar-refractivity contribution in [2.75, 3.05) is 6.61 Å². The molecule has 66 valence electrons. The standard InChI is InChI=1S/C8H10O3S/c9-5-7-6(1-3-10-7)8-2-4-11-12-8/h1,3,8-9H,2,4-5H2. The van der Waals surface area contributed by atoms with Crippen LogP contribution in [0.4, 0.5) is 0 Å². The molecule has 0 aromatic carbocycles. The van der Waals surface area contributed by atoms with Crippen LogP contribution in [0.5, 0.6) is 0 Å². The Morgan fingerprint density at radius 1 is 1.67 bits per heavy atom. The largest absolute Gasteiger partial charge is 0.467 e. The van der Waals surface area contributed by atoms with Crippen LogP contribution in [0.3, 0.4) is 0 Å². The lowest BCUT2D eigenvalue weighted by Gasteiger charge is -2.03. The van der Waals surface area contributed by atoms with Crippen molar-refractivity contribution in [2.24, 2.45) is 0 Å². The molecule has 4 heteroatoms. The van der Waals surface area contributed by atoms with Gasteiger partial charge in [-0.1, -0.05) is 0 Å². The summed E-state index contributed by atoms with van der Waals surface area (Å²) in [7, 11) is 0. The molecule has 1 N–H and O–H groups in total. The molecule has 0 amide bonds. The summed E-state index contributed by atoms with van der Waals surface area (Å²) in [6.45, 7) is 0.755. The van der Waals surface area contributed by atoms with Gasteiger partial charge in [0.1, 0.15) is 12.4 Å². The van der Waals surface area contributed by atoms with Gasteiger partial charge in [-0.15, -0.1) is 0 Å². The lowest BCUT2D eigenvalue weighted by Crippen LogP contribution is -1.92. The van der Waals surface area contributed by atoms with E-state index >= 15 is 0 Å². The van der Waals surface area contributed by atoms with E-state index in [1.807, 2.05) is 6.07 Å².